The van der Waals surface area contributed by atoms with Crippen LogP contribution in [0.15, 0.2) is 36.7 Å². The third-order valence-electron chi connectivity index (χ3n) is 2.21. The van der Waals surface area contributed by atoms with Crippen LogP contribution in [-0.2, 0) is 0 Å². The predicted octanol–water partition coefficient (Wildman–Crippen LogP) is 2.21. The third-order valence-corrected chi connectivity index (χ3v) is 2.21. The van der Waals surface area contributed by atoms with Crippen molar-refractivity contribution in [1.29, 1.82) is 0 Å². The molecule has 1 aromatic carbocycles. The Labute approximate surface area is 116 Å². The van der Waals surface area contributed by atoms with Crippen molar-refractivity contribution in [2.45, 2.75) is 6.36 Å². The second-order valence-corrected chi connectivity index (χ2v) is 3.86. The zero-order valence-electron chi connectivity index (χ0n) is 10.4. The zero-order chi connectivity index (χ0) is 15.5. The Bertz CT molecular complexity index is 661. The van der Waals surface area contributed by atoms with Crippen molar-refractivity contribution >= 4 is 17.4 Å². The van der Waals surface area contributed by atoms with Crippen molar-refractivity contribution in [3.05, 3.63) is 42.4 Å². The van der Waals surface area contributed by atoms with Crippen LogP contribution in [0.25, 0.3) is 0 Å². The van der Waals surface area contributed by atoms with Gasteiger partial charge in [-0.3, -0.25) is 9.78 Å². The highest BCUT2D eigenvalue weighted by Gasteiger charge is 2.31. The Morgan fingerprint density at radius 3 is 2.71 bits per heavy atom. The van der Waals surface area contributed by atoms with Crippen LogP contribution < -0.4 is 15.8 Å². The van der Waals surface area contributed by atoms with E-state index in [4.69, 9.17) is 5.73 Å². The van der Waals surface area contributed by atoms with Gasteiger partial charge >= 0.3 is 6.36 Å². The van der Waals surface area contributed by atoms with Crippen LogP contribution in [0, 0.1) is 0 Å². The molecule has 0 atom stereocenters. The summed E-state index contributed by atoms with van der Waals surface area (Å²) in [6.07, 6.45) is -2.36. The fraction of sp³-hybridized carbons (Fsp3) is 0.0833. The van der Waals surface area contributed by atoms with Crippen LogP contribution in [-0.4, -0.2) is 22.2 Å². The highest BCUT2D eigenvalue weighted by atomic mass is 19.4. The molecule has 0 aliphatic heterocycles. The van der Waals surface area contributed by atoms with E-state index in [9.17, 15) is 18.0 Å². The average molecular weight is 298 g/mol. The van der Waals surface area contributed by atoms with Crippen molar-refractivity contribution in [3.63, 3.8) is 0 Å². The second kappa shape index (κ2) is 5.65. The second-order valence-electron chi connectivity index (χ2n) is 3.86. The summed E-state index contributed by atoms with van der Waals surface area (Å²) < 4.78 is 40.1. The molecule has 2 aromatic rings. The van der Waals surface area contributed by atoms with Crippen LogP contribution in [0.1, 0.15) is 10.5 Å². The first kappa shape index (κ1) is 14.6. The number of nitrogen functional groups attached to an aromatic ring is 1. The number of carbonyl (C=O) groups excluding carboxylic acids is 1. The van der Waals surface area contributed by atoms with Crippen LogP contribution in [0.2, 0.25) is 0 Å². The quantitative estimate of drug-likeness (QED) is 0.906. The summed E-state index contributed by atoms with van der Waals surface area (Å²) >= 11 is 0. The van der Waals surface area contributed by atoms with Crippen molar-refractivity contribution < 1.29 is 22.7 Å². The van der Waals surface area contributed by atoms with Crippen LogP contribution >= 0.6 is 0 Å². The average Bonchev–Trinajstić information content (AvgIpc) is 2.37. The van der Waals surface area contributed by atoms with Gasteiger partial charge < -0.3 is 15.8 Å². The Morgan fingerprint density at radius 2 is 2.05 bits per heavy atom. The van der Waals surface area contributed by atoms with Crippen LogP contribution in [0.3, 0.4) is 0 Å². The number of nitrogens with two attached hydrogens (primary N) is 1. The van der Waals surface area contributed by atoms with Gasteiger partial charge in [0.1, 0.15) is 17.3 Å². The van der Waals surface area contributed by atoms with Gasteiger partial charge in [-0.1, -0.05) is 6.07 Å². The number of carbonyl (C=O) groups is 1. The molecule has 2 rings (SSSR count). The largest absolute Gasteiger partial charge is 0.573 e. The molecule has 21 heavy (non-hydrogen) atoms. The van der Waals surface area contributed by atoms with E-state index >= 15 is 0 Å². The molecule has 0 radical (unpaired) electrons. The summed E-state index contributed by atoms with van der Waals surface area (Å²) in [4.78, 5) is 19.3. The lowest BCUT2D eigenvalue weighted by molar-refractivity contribution is -0.274. The number of nitrogens with zero attached hydrogens (tertiary/aromatic N) is 2. The predicted molar refractivity (Wildman–Crippen MR) is 67.5 cm³/mol. The molecule has 0 aliphatic rings. The van der Waals surface area contributed by atoms with Gasteiger partial charge in [-0.05, 0) is 12.1 Å². The fourth-order valence-electron chi connectivity index (χ4n) is 1.46. The molecule has 1 amide bonds. The summed E-state index contributed by atoms with van der Waals surface area (Å²) in [6.45, 7) is 0. The Hall–Kier alpha value is -2.84. The van der Waals surface area contributed by atoms with Gasteiger partial charge in [0, 0.05) is 11.8 Å². The summed E-state index contributed by atoms with van der Waals surface area (Å²) in [5.74, 6) is -1.05. The maximum Gasteiger partial charge on any atom is 0.573 e. The van der Waals surface area contributed by atoms with Crippen molar-refractivity contribution in [1.82, 2.24) is 9.97 Å². The number of ether oxygens (including phenoxy) is 1. The van der Waals surface area contributed by atoms with Crippen LogP contribution in [0.5, 0.6) is 5.75 Å². The minimum absolute atomic E-state index is 0.0526. The smallest absolute Gasteiger partial charge is 0.406 e. The minimum Gasteiger partial charge on any atom is -0.406 e. The molecule has 1 heterocycles. The van der Waals surface area contributed by atoms with E-state index in [0.717, 1.165) is 12.1 Å². The number of benzene rings is 1. The van der Waals surface area contributed by atoms with E-state index in [1.165, 1.54) is 24.5 Å². The highest BCUT2D eigenvalue weighted by Crippen LogP contribution is 2.25. The molecule has 0 bridgehead atoms. The van der Waals surface area contributed by atoms with Gasteiger partial charge in [0.05, 0.1) is 12.4 Å². The number of amides is 1. The first-order valence-electron chi connectivity index (χ1n) is 5.58. The minimum atomic E-state index is -4.80. The lowest BCUT2D eigenvalue weighted by Crippen LogP contribution is -2.18. The van der Waals surface area contributed by atoms with Gasteiger partial charge in [0.25, 0.3) is 5.91 Å². The van der Waals surface area contributed by atoms with Crippen molar-refractivity contribution in [2.24, 2.45) is 0 Å². The Kier molecular flexibility index (Phi) is 3.92. The molecular weight excluding hydrogens is 289 g/mol. The number of anilines is 2. The SMILES string of the molecule is Nc1cncc(C(=O)Nc2cccc(OC(F)(F)F)c2)n1. The fourth-order valence-corrected chi connectivity index (χ4v) is 1.46. The van der Waals surface area contributed by atoms with Gasteiger partial charge in [-0.15, -0.1) is 13.2 Å². The first-order chi connectivity index (χ1) is 9.83. The zero-order valence-corrected chi connectivity index (χ0v) is 10.4. The molecule has 6 nitrogen and oxygen atoms in total. The number of aromatic nitrogens is 2. The maximum absolute atomic E-state index is 12.1. The molecule has 0 aliphatic carbocycles. The maximum atomic E-state index is 12.1. The molecule has 1 aromatic heterocycles. The van der Waals surface area contributed by atoms with E-state index in [0.29, 0.717) is 0 Å². The monoisotopic (exact) mass is 298 g/mol. The molecule has 110 valence electrons. The number of hydrogen-bond donors (Lipinski definition) is 2. The lowest BCUT2D eigenvalue weighted by Gasteiger charge is -2.10. The van der Waals surface area contributed by atoms with E-state index in [1.807, 2.05) is 0 Å². The molecule has 0 spiro atoms. The van der Waals surface area contributed by atoms with Gasteiger partial charge in [-0.25, -0.2) is 4.98 Å². The Morgan fingerprint density at radius 1 is 1.29 bits per heavy atom. The number of halogens is 3. The van der Waals surface area contributed by atoms with Gasteiger partial charge in [-0.2, -0.15) is 0 Å². The van der Waals surface area contributed by atoms with Gasteiger partial charge in [0.2, 0.25) is 0 Å². The molecule has 3 N–H and O–H groups in total. The molecule has 0 saturated carbocycles. The molecule has 9 heteroatoms. The van der Waals surface area contributed by atoms with E-state index in [1.54, 1.807) is 0 Å². The number of nitrogens with one attached hydrogen (secondary N) is 1. The van der Waals surface area contributed by atoms with Crippen molar-refractivity contribution in [2.75, 3.05) is 11.1 Å². The normalized spacial score (nSPS) is 11.0. The first-order valence-corrected chi connectivity index (χ1v) is 5.58. The van der Waals surface area contributed by atoms with Gasteiger partial charge in [0.15, 0.2) is 0 Å². The summed E-state index contributed by atoms with van der Waals surface area (Å²) in [7, 11) is 0. The molecule has 0 fully saturated rings. The molecule has 0 unspecified atom stereocenters. The number of alkyl halides is 3. The lowest BCUT2D eigenvalue weighted by atomic mass is 10.3. The van der Waals surface area contributed by atoms with E-state index in [-0.39, 0.29) is 17.2 Å². The third kappa shape index (κ3) is 4.34. The summed E-state index contributed by atoms with van der Waals surface area (Å²) in [5.41, 5.74) is 5.44. The number of rotatable bonds is 3. The highest BCUT2D eigenvalue weighted by molar-refractivity contribution is 6.02. The Balaban J connectivity index is 2.13. The summed E-state index contributed by atoms with van der Waals surface area (Å²) in [6, 6.07) is 4.86. The topological polar surface area (TPSA) is 90.1 Å². The van der Waals surface area contributed by atoms with E-state index < -0.39 is 18.0 Å². The van der Waals surface area contributed by atoms with Crippen molar-refractivity contribution in [3.8, 4) is 5.75 Å². The van der Waals surface area contributed by atoms with Crippen LogP contribution in [0.4, 0.5) is 24.7 Å². The standard InChI is InChI=1S/C12H9F3N4O2/c13-12(14,15)21-8-3-1-2-7(4-8)18-11(20)9-5-17-6-10(16)19-9/h1-6H,(H2,16,19)(H,18,20). The van der Waals surface area contributed by atoms with E-state index in [2.05, 4.69) is 20.0 Å². The molecular formula is C12H9F3N4O2. The summed E-state index contributed by atoms with van der Waals surface area (Å²) in [5, 5.41) is 2.37. The molecule has 0 saturated heterocycles. The number of hydrogen-bond acceptors (Lipinski definition) is 5.